The lowest BCUT2D eigenvalue weighted by Crippen LogP contribution is -2.43. The van der Waals surface area contributed by atoms with Crippen molar-refractivity contribution in [2.75, 3.05) is 39.3 Å². The Morgan fingerprint density at radius 2 is 1.00 bits per heavy atom. The molecule has 1 aliphatic heterocycles. The monoisotopic (exact) mass is 256 g/mol. The maximum atomic E-state index is 11.4. The van der Waals surface area contributed by atoms with Gasteiger partial charge in [0.15, 0.2) is 0 Å². The van der Waals surface area contributed by atoms with Crippen LogP contribution in [0.2, 0.25) is 0 Å². The van der Waals surface area contributed by atoms with E-state index in [0.717, 1.165) is 0 Å². The van der Waals surface area contributed by atoms with Gasteiger partial charge in [-0.1, -0.05) is 0 Å². The normalized spacial score (nSPS) is 17.8. The summed E-state index contributed by atoms with van der Waals surface area (Å²) in [6, 6.07) is -0.524. The van der Waals surface area contributed by atoms with Crippen LogP contribution in [0.5, 0.6) is 0 Å². The van der Waals surface area contributed by atoms with Crippen LogP contribution in [0.3, 0.4) is 0 Å². The molecule has 0 aliphatic carbocycles. The number of amides is 4. The molecule has 1 rings (SSSR count). The van der Waals surface area contributed by atoms with E-state index in [1.807, 2.05) is 0 Å². The van der Waals surface area contributed by atoms with Crippen LogP contribution in [0.15, 0.2) is 0 Å². The summed E-state index contributed by atoms with van der Waals surface area (Å²) in [6.45, 7) is 5.63. The lowest BCUT2D eigenvalue weighted by atomic mass is 10.4. The Hall–Kier alpha value is -1.79. The van der Waals surface area contributed by atoms with Crippen LogP contribution in [0, 0.1) is 0 Å². The Balaban J connectivity index is 2.77. The summed E-state index contributed by atoms with van der Waals surface area (Å²) in [6.07, 6.45) is 0. The van der Waals surface area contributed by atoms with E-state index >= 15 is 0 Å². The van der Waals surface area contributed by atoms with Crippen LogP contribution in [-0.4, -0.2) is 71.8 Å². The molecule has 1 fully saturated rings. The number of rotatable bonds is 0. The number of carbonyl (C=O) groups excluding carboxylic acids is 3. The third-order valence-electron chi connectivity index (χ3n) is 3.12. The van der Waals surface area contributed by atoms with Crippen molar-refractivity contribution >= 4 is 17.8 Å². The number of nitrogens with zero attached hydrogens (tertiary/aromatic N) is 3. The van der Waals surface area contributed by atoms with E-state index < -0.39 is 6.03 Å². The molecule has 0 aromatic carbocycles. The van der Waals surface area contributed by atoms with Crippen LogP contribution in [0.4, 0.5) is 4.79 Å². The van der Waals surface area contributed by atoms with Crippen molar-refractivity contribution in [1.29, 1.82) is 0 Å². The Morgan fingerprint density at radius 1 is 0.722 bits per heavy atom. The molecular weight excluding hydrogens is 236 g/mol. The molecule has 0 aromatic rings. The van der Waals surface area contributed by atoms with E-state index in [-0.39, 0.29) is 11.8 Å². The van der Waals surface area contributed by atoms with E-state index in [1.54, 1.807) is 9.80 Å². The summed E-state index contributed by atoms with van der Waals surface area (Å²) in [4.78, 5) is 38.8. The van der Waals surface area contributed by atoms with Crippen molar-refractivity contribution < 1.29 is 14.4 Å². The molecule has 0 saturated carbocycles. The quantitative estimate of drug-likeness (QED) is 0.608. The predicted molar refractivity (Wildman–Crippen MR) is 65.7 cm³/mol. The molecule has 0 radical (unpaired) electrons. The molecular formula is C11H20N4O3. The van der Waals surface area contributed by atoms with E-state index in [2.05, 4.69) is 0 Å². The molecule has 102 valence electrons. The lowest BCUT2D eigenvalue weighted by Gasteiger charge is -2.24. The first-order valence-corrected chi connectivity index (χ1v) is 5.97. The van der Waals surface area contributed by atoms with Gasteiger partial charge in [-0.05, 0) is 0 Å². The maximum absolute atomic E-state index is 11.4. The van der Waals surface area contributed by atoms with Gasteiger partial charge in [-0.3, -0.25) is 9.59 Å². The fraction of sp³-hybridized carbons (Fsp3) is 0.727. The van der Waals surface area contributed by atoms with E-state index in [4.69, 9.17) is 5.73 Å². The third-order valence-corrected chi connectivity index (χ3v) is 3.12. The lowest BCUT2D eigenvalue weighted by molar-refractivity contribution is -0.132. The summed E-state index contributed by atoms with van der Waals surface area (Å²) < 4.78 is 0. The Morgan fingerprint density at radius 3 is 1.22 bits per heavy atom. The molecule has 1 heterocycles. The number of carbonyl (C=O) groups is 3. The molecule has 4 amide bonds. The Kier molecular flexibility index (Phi) is 4.94. The average molecular weight is 256 g/mol. The summed E-state index contributed by atoms with van der Waals surface area (Å²) in [5, 5.41) is 0. The molecule has 2 N–H and O–H groups in total. The SMILES string of the molecule is CC(=O)N1CCN(C(C)=O)CCN(C(N)=O)CC1. The van der Waals surface area contributed by atoms with Crippen molar-refractivity contribution in [3.63, 3.8) is 0 Å². The molecule has 0 aromatic heterocycles. The highest BCUT2D eigenvalue weighted by Crippen LogP contribution is 2.01. The molecule has 1 saturated heterocycles. The number of primary amides is 1. The highest BCUT2D eigenvalue weighted by Gasteiger charge is 2.20. The molecule has 0 spiro atoms. The van der Waals surface area contributed by atoms with Gasteiger partial charge in [-0.15, -0.1) is 0 Å². The zero-order valence-corrected chi connectivity index (χ0v) is 10.9. The highest BCUT2D eigenvalue weighted by molar-refractivity contribution is 5.75. The van der Waals surface area contributed by atoms with E-state index in [0.29, 0.717) is 39.3 Å². The smallest absolute Gasteiger partial charge is 0.314 e. The highest BCUT2D eigenvalue weighted by atomic mass is 16.2. The summed E-state index contributed by atoms with van der Waals surface area (Å²) in [5.41, 5.74) is 5.26. The van der Waals surface area contributed by atoms with Crippen molar-refractivity contribution in [3.05, 3.63) is 0 Å². The predicted octanol–water partition coefficient (Wildman–Crippen LogP) is -0.922. The minimum atomic E-state index is -0.524. The average Bonchev–Trinajstić information content (AvgIpc) is 2.37. The Labute approximate surface area is 106 Å². The van der Waals surface area contributed by atoms with Crippen molar-refractivity contribution in [2.24, 2.45) is 5.73 Å². The second-order valence-electron chi connectivity index (χ2n) is 4.34. The maximum Gasteiger partial charge on any atom is 0.314 e. The van der Waals surface area contributed by atoms with Gasteiger partial charge in [0.1, 0.15) is 0 Å². The molecule has 0 atom stereocenters. The zero-order valence-electron chi connectivity index (χ0n) is 10.9. The molecule has 0 bridgehead atoms. The topological polar surface area (TPSA) is 87.0 Å². The molecule has 18 heavy (non-hydrogen) atoms. The minimum absolute atomic E-state index is 0.0650. The van der Waals surface area contributed by atoms with Gasteiger partial charge in [-0.2, -0.15) is 0 Å². The number of hydrogen-bond donors (Lipinski definition) is 1. The van der Waals surface area contributed by atoms with Crippen LogP contribution in [-0.2, 0) is 9.59 Å². The van der Waals surface area contributed by atoms with Crippen molar-refractivity contribution in [3.8, 4) is 0 Å². The minimum Gasteiger partial charge on any atom is -0.351 e. The second kappa shape index (κ2) is 6.23. The second-order valence-corrected chi connectivity index (χ2v) is 4.34. The van der Waals surface area contributed by atoms with Gasteiger partial charge in [0.2, 0.25) is 11.8 Å². The first-order chi connectivity index (χ1) is 8.41. The van der Waals surface area contributed by atoms with Crippen molar-refractivity contribution in [1.82, 2.24) is 14.7 Å². The van der Waals surface area contributed by atoms with Gasteiger partial charge in [0.05, 0.1) is 0 Å². The molecule has 7 heteroatoms. The molecule has 1 aliphatic rings. The first-order valence-electron chi connectivity index (χ1n) is 5.97. The van der Waals surface area contributed by atoms with Gasteiger partial charge in [-0.25, -0.2) is 4.79 Å². The molecule has 7 nitrogen and oxygen atoms in total. The van der Waals surface area contributed by atoms with E-state index in [9.17, 15) is 14.4 Å². The standard InChI is InChI=1S/C11H20N4O3/c1-9(16)13-3-4-14(10(2)17)6-8-15(7-5-13)11(12)18/h3-8H2,1-2H3,(H2,12,18). The van der Waals surface area contributed by atoms with E-state index in [1.165, 1.54) is 18.7 Å². The van der Waals surface area contributed by atoms with Gasteiger partial charge in [0.25, 0.3) is 0 Å². The number of nitrogens with two attached hydrogens (primary N) is 1. The van der Waals surface area contributed by atoms with Crippen LogP contribution < -0.4 is 5.73 Å². The summed E-state index contributed by atoms with van der Waals surface area (Å²) in [7, 11) is 0. The zero-order chi connectivity index (χ0) is 13.7. The number of urea groups is 1. The molecule has 0 unspecified atom stereocenters. The Bertz CT molecular complexity index is 281. The third kappa shape index (κ3) is 3.90. The summed E-state index contributed by atoms with van der Waals surface area (Å²) >= 11 is 0. The largest absolute Gasteiger partial charge is 0.351 e. The number of hydrogen-bond acceptors (Lipinski definition) is 3. The van der Waals surface area contributed by atoms with Crippen LogP contribution in [0.1, 0.15) is 13.8 Å². The van der Waals surface area contributed by atoms with Crippen molar-refractivity contribution in [2.45, 2.75) is 13.8 Å². The fourth-order valence-corrected chi connectivity index (χ4v) is 1.91. The fourth-order valence-electron chi connectivity index (χ4n) is 1.91. The van der Waals surface area contributed by atoms with Gasteiger partial charge in [0, 0.05) is 53.1 Å². The first kappa shape index (κ1) is 14.3. The van der Waals surface area contributed by atoms with Crippen LogP contribution in [0.25, 0.3) is 0 Å². The van der Waals surface area contributed by atoms with Gasteiger partial charge < -0.3 is 20.4 Å². The van der Waals surface area contributed by atoms with Crippen LogP contribution >= 0.6 is 0 Å². The summed E-state index contributed by atoms with van der Waals surface area (Å²) in [5.74, 6) is -0.130. The van der Waals surface area contributed by atoms with Gasteiger partial charge >= 0.3 is 6.03 Å².